The number of hydrogen-bond donors (Lipinski definition) is 0. The molecule has 0 bridgehead atoms. The maximum absolute atomic E-state index is 12.5. The summed E-state index contributed by atoms with van der Waals surface area (Å²) < 4.78 is 17.7. The number of methoxy groups -OCH3 is 1. The summed E-state index contributed by atoms with van der Waals surface area (Å²) in [6, 6.07) is 6.71. The van der Waals surface area contributed by atoms with E-state index in [-0.39, 0.29) is 30.8 Å². The van der Waals surface area contributed by atoms with Gasteiger partial charge in [-0.05, 0) is 58.9 Å². The normalized spacial score (nSPS) is 10.7. The third-order valence-electron chi connectivity index (χ3n) is 4.58. The second-order valence-corrected chi connectivity index (χ2v) is 7.04. The van der Waals surface area contributed by atoms with Crippen LogP contribution in [-0.2, 0) is 9.53 Å². The van der Waals surface area contributed by atoms with E-state index in [0.717, 1.165) is 11.4 Å². The minimum absolute atomic E-state index is 0.107. The predicted molar refractivity (Wildman–Crippen MR) is 108 cm³/mol. The fourth-order valence-electron chi connectivity index (χ4n) is 3.26. The van der Waals surface area contributed by atoms with Crippen LogP contribution < -0.4 is 9.47 Å². The van der Waals surface area contributed by atoms with E-state index in [1.165, 1.54) is 20.1 Å². The first-order valence-electron chi connectivity index (χ1n) is 9.34. The molecule has 0 atom stereocenters. The zero-order valence-electron chi connectivity index (χ0n) is 17.7. The highest BCUT2D eigenvalue weighted by atomic mass is 16.6. The molecule has 1 aromatic heterocycles. The number of esters is 1. The average Bonchev–Trinajstić information content (AvgIpc) is 2.98. The van der Waals surface area contributed by atoms with Gasteiger partial charge in [-0.3, -0.25) is 9.59 Å². The van der Waals surface area contributed by atoms with Gasteiger partial charge in [-0.25, -0.2) is 4.79 Å². The Kier molecular flexibility index (Phi) is 7.20. The van der Waals surface area contributed by atoms with E-state index in [4.69, 9.17) is 14.2 Å². The standard InChI is InChI=1S/C22H27NO6/c1-13(2)23-14(3)9-18(15(23)4)19(25)11-29-22(26)12-28-20-8-7-17(16(5)24)10-21(20)27-6/h7-10,13H,11-12H2,1-6H3. The summed E-state index contributed by atoms with van der Waals surface area (Å²) in [7, 11) is 1.44. The molecule has 0 unspecified atom stereocenters. The first-order valence-corrected chi connectivity index (χ1v) is 9.34. The number of hydrogen-bond acceptors (Lipinski definition) is 6. The van der Waals surface area contributed by atoms with Gasteiger partial charge in [0.1, 0.15) is 0 Å². The molecule has 156 valence electrons. The number of aromatic nitrogens is 1. The summed E-state index contributed by atoms with van der Waals surface area (Å²) in [6.45, 7) is 8.61. The van der Waals surface area contributed by atoms with Crippen molar-refractivity contribution in [1.82, 2.24) is 4.57 Å². The summed E-state index contributed by atoms with van der Waals surface area (Å²) in [5.74, 6) is -0.399. The Morgan fingerprint density at radius 1 is 1.03 bits per heavy atom. The van der Waals surface area contributed by atoms with Gasteiger partial charge in [-0.2, -0.15) is 0 Å². The van der Waals surface area contributed by atoms with Gasteiger partial charge in [0.2, 0.25) is 5.78 Å². The van der Waals surface area contributed by atoms with Crippen molar-refractivity contribution in [2.75, 3.05) is 20.3 Å². The quantitative estimate of drug-likeness (QED) is 0.471. The van der Waals surface area contributed by atoms with Gasteiger partial charge in [0.25, 0.3) is 0 Å². The van der Waals surface area contributed by atoms with E-state index in [2.05, 4.69) is 4.57 Å². The van der Waals surface area contributed by atoms with E-state index < -0.39 is 5.97 Å². The molecule has 0 spiro atoms. The summed E-state index contributed by atoms with van der Waals surface area (Å²) >= 11 is 0. The Hall–Kier alpha value is -3.09. The molecule has 0 amide bonds. The van der Waals surface area contributed by atoms with Gasteiger partial charge in [0.05, 0.1) is 7.11 Å². The van der Waals surface area contributed by atoms with Crippen molar-refractivity contribution in [2.24, 2.45) is 0 Å². The van der Waals surface area contributed by atoms with Crippen molar-refractivity contribution >= 4 is 17.5 Å². The molecule has 0 N–H and O–H groups in total. The Morgan fingerprint density at radius 2 is 1.72 bits per heavy atom. The zero-order valence-corrected chi connectivity index (χ0v) is 17.7. The van der Waals surface area contributed by atoms with Crippen LogP contribution >= 0.6 is 0 Å². The molecule has 7 nitrogen and oxygen atoms in total. The number of aryl methyl sites for hydroxylation is 1. The van der Waals surface area contributed by atoms with Gasteiger partial charge in [-0.15, -0.1) is 0 Å². The van der Waals surface area contributed by atoms with Crippen LogP contribution in [0.15, 0.2) is 24.3 Å². The minimum Gasteiger partial charge on any atom is -0.493 e. The van der Waals surface area contributed by atoms with Crippen molar-refractivity contribution < 1.29 is 28.6 Å². The highest BCUT2D eigenvalue weighted by Gasteiger charge is 2.19. The van der Waals surface area contributed by atoms with Crippen LogP contribution in [-0.4, -0.2) is 42.4 Å². The highest BCUT2D eigenvalue weighted by Crippen LogP contribution is 2.28. The molecule has 1 heterocycles. The van der Waals surface area contributed by atoms with E-state index in [1.807, 2.05) is 33.8 Å². The smallest absolute Gasteiger partial charge is 0.344 e. The average molecular weight is 401 g/mol. The lowest BCUT2D eigenvalue weighted by molar-refractivity contribution is -0.144. The SMILES string of the molecule is COc1cc(C(C)=O)ccc1OCC(=O)OCC(=O)c1cc(C)n(C(C)C)c1C. The fourth-order valence-corrected chi connectivity index (χ4v) is 3.26. The molecule has 0 aliphatic heterocycles. The predicted octanol–water partition coefficient (Wildman–Crippen LogP) is 3.70. The zero-order chi connectivity index (χ0) is 21.7. The number of ether oxygens (including phenoxy) is 3. The molecule has 0 saturated carbocycles. The van der Waals surface area contributed by atoms with Crippen LogP contribution in [0.4, 0.5) is 0 Å². The lowest BCUT2D eigenvalue weighted by Gasteiger charge is -2.13. The second-order valence-electron chi connectivity index (χ2n) is 7.04. The molecule has 0 fully saturated rings. The van der Waals surface area contributed by atoms with Crippen LogP contribution in [0.3, 0.4) is 0 Å². The molecule has 0 saturated heterocycles. The van der Waals surface area contributed by atoms with Crippen molar-refractivity contribution in [3.63, 3.8) is 0 Å². The van der Waals surface area contributed by atoms with Crippen molar-refractivity contribution in [3.8, 4) is 11.5 Å². The molecule has 0 aliphatic carbocycles. The number of rotatable bonds is 9. The van der Waals surface area contributed by atoms with Gasteiger partial charge in [0.15, 0.2) is 30.5 Å². The van der Waals surface area contributed by atoms with Gasteiger partial charge < -0.3 is 18.8 Å². The highest BCUT2D eigenvalue weighted by molar-refractivity contribution is 5.99. The molecule has 1 aromatic carbocycles. The Bertz CT molecular complexity index is 926. The first-order chi connectivity index (χ1) is 13.6. The van der Waals surface area contributed by atoms with Crippen LogP contribution in [0.5, 0.6) is 11.5 Å². The van der Waals surface area contributed by atoms with Crippen molar-refractivity contribution in [2.45, 2.75) is 40.7 Å². The van der Waals surface area contributed by atoms with E-state index >= 15 is 0 Å². The van der Waals surface area contributed by atoms with E-state index in [9.17, 15) is 14.4 Å². The summed E-state index contributed by atoms with van der Waals surface area (Å²) in [5, 5.41) is 0. The van der Waals surface area contributed by atoms with Crippen molar-refractivity contribution in [1.29, 1.82) is 0 Å². The molecule has 0 radical (unpaired) electrons. The summed E-state index contributed by atoms with van der Waals surface area (Å²) in [5.41, 5.74) is 2.86. The molecule has 0 aliphatic rings. The number of nitrogens with zero attached hydrogens (tertiary/aromatic N) is 1. The number of ketones is 2. The molecular formula is C22H27NO6. The fraction of sp³-hybridized carbons (Fsp3) is 0.409. The van der Waals surface area contributed by atoms with Gasteiger partial charge >= 0.3 is 5.97 Å². The number of benzene rings is 1. The number of carbonyl (C=O) groups excluding carboxylic acids is 3. The third kappa shape index (κ3) is 5.25. The van der Waals surface area contributed by atoms with Crippen LogP contribution in [0.1, 0.15) is 58.9 Å². The summed E-state index contributed by atoms with van der Waals surface area (Å²) in [6.07, 6.45) is 0. The first kappa shape index (κ1) is 22.2. The number of Topliss-reactive ketones (excluding diaryl/α,β-unsaturated/α-hetero) is 2. The van der Waals surface area contributed by atoms with Crippen LogP contribution in [0.25, 0.3) is 0 Å². The van der Waals surface area contributed by atoms with Crippen LogP contribution in [0, 0.1) is 13.8 Å². The third-order valence-corrected chi connectivity index (χ3v) is 4.58. The van der Waals surface area contributed by atoms with Crippen LogP contribution in [0.2, 0.25) is 0 Å². The molecule has 29 heavy (non-hydrogen) atoms. The Labute approximate surface area is 170 Å². The molecular weight excluding hydrogens is 374 g/mol. The second kappa shape index (κ2) is 9.41. The largest absolute Gasteiger partial charge is 0.493 e. The minimum atomic E-state index is -0.672. The van der Waals surface area contributed by atoms with Crippen molar-refractivity contribution in [3.05, 3.63) is 46.8 Å². The number of carbonyl (C=O) groups is 3. The molecule has 2 aromatic rings. The Morgan fingerprint density at radius 3 is 2.28 bits per heavy atom. The van der Waals surface area contributed by atoms with E-state index in [1.54, 1.807) is 12.1 Å². The summed E-state index contributed by atoms with van der Waals surface area (Å²) in [4.78, 5) is 35.9. The monoisotopic (exact) mass is 401 g/mol. The molecule has 2 rings (SSSR count). The maximum Gasteiger partial charge on any atom is 0.344 e. The Balaban J connectivity index is 1.95. The van der Waals surface area contributed by atoms with Gasteiger partial charge in [-0.1, -0.05) is 0 Å². The lowest BCUT2D eigenvalue weighted by atomic mass is 10.1. The maximum atomic E-state index is 12.5. The van der Waals surface area contributed by atoms with E-state index in [0.29, 0.717) is 22.6 Å². The topological polar surface area (TPSA) is 83.8 Å². The lowest BCUT2D eigenvalue weighted by Crippen LogP contribution is -2.20. The van der Waals surface area contributed by atoms with Gasteiger partial charge in [0, 0.05) is 28.6 Å². The molecule has 7 heteroatoms.